The molecular formula is C18H16F3NO3. The Labute approximate surface area is 142 Å². The van der Waals surface area contributed by atoms with E-state index in [1.165, 1.54) is 24.3 Å². The van der Waals surface area contributed by atoms with Crippen LogP contribution in [0.25, 0.3) is 0 Å². The predicted molar refractivity (Wildman–Crippen MR) is 85.6 cm³/mol. The van der Waals surface area contributed by atoms with Gasteiger partial charge >= 0.3 is 6.36 Å². The highest BCUT2D eigenvalue weighted by Crippen LogP contribution is 2.36. The number of nitrogens with zero attached hydrogens (tertiary/aromatic N) is 1. The molecule has 25 heavy (non-hydrogen) atoms. The average molecular weight is 351 g/mol. The van der Waals surface area contributed by atoms with Crippen LogP contribution in [0.15, 0.2) is 42.5 Å². The summed E-state index contributed by atoms with van der Waals surface area (Å²) in [6.45, 7) is 3.80. The minimum Gasteiger partial charge on any atom is -0.479 e. The highest BCUT2D eigenvalue weighted by Gasteiger charge is 2.32. The number of halogens is 3. The Kier molecular flexibility index (Phi) is 4.32. The maximum atomic E-state index is 12.5. The lowest BCUT2D eigenvalue weighted by Crippen LogP contribution is -2.44. The Hall–Kier alpha value is -2.70. The van der Waals surface area contributed by atoms with E-state index in [1.807, 2.05) is 19.1 Å². The summed E-state index contributed by atoms with van der Waals surface area (Å²) in [5.74, 6) is 0.109. The molecule has 4 nitrogen and oxygen atoms in total. The molecule has 2 aromatic rings. The molecule has 7 heteroatoms. The molecule has 0 saturated heterocycles. The molecule has 1 aliphatic rings. The van der Waals surface area contributed by atoms with Gasteiger partial charge in [-0.05, 0) is 49.2 Å². The summed E-state index contributed by atoms with van der Waals surface area (Å²) < 4.78 is 46.1. The standard InChI is InChI=1S/C18H16F3NO3/c1-11-3-8-16-15(9-11)22(17(23)12(2)24-16)10-13-4-6-14(7-5-13)25-18(19,20)21/h3-9,12H,10H2,1-2H3/t12-/m0/s1. The molecule has 1 atom stereocenters. The first-order valence-electron chi connectivity index (χ1n) is 7.66. The summed E-state index contributed by atoms with van der Waals surface area (Å²) in [7, 11) is 0. The first-order chi connectivity index (χ1) is 11.7. The fourth-order valence-corrected chi connectivity index (χ4v) is 2.66. The fourth-order valence-electron chi connectivity index (χ4n) is 2.66. The molecular weight excluding hydrogens is 335 g/mol. The molecule has 1 aliphatic heterocycles. The lowest BCUT2D eigenvalue weighted by molar-refractivity contribution is -0.274. The van der Waals surface area contributed by atoms with Gasteiger partial charge in [0, 0.05) is 0 Å². The average Bonchev–Trinajstić information content (AvgIpc) is 2.53. The van der Waals surface area contributed by atoms with Crippen molar-refractivity contribution in [2.75, 3.05) is 4.90 Å². The van der Waals surface area contributed by atoms with E-state index in [9.17, 15) is 18.0 Å². The Balaban J connectivity index is 1.84. The second-order valence-electron chi connectivity index (χ2n) is 5.85. The van der Waals surface area contributed by atoms with E-state index in [-0.39, 0.29) is 18.2 Å². The third-order valence-electron chi connectivity index (χ3n) is 3.82. The van der Waals surface area contributed by atoms with Crippen molar-refractivity contribution in [3.8, 4) is 11.5 Å². The number of rotatable bonds is 3. The molecule has 0 N–H and O–H groups in total. The van der Waals surface area contributed by atoms with Gasteiger partial charge in [0.25, 0.3) is 5.91 Å². The molecule has 1 amide bonds. The largest absolute Gasteiger partial charge is 0.573 e. The predicted octanol–water partition coefficient (Wildman–Crippen LogP) is 4.21. The van der Waals surface area contributed by atoms with E-state index in [4.69, 9.17) is 4.74 Å². The van der Waals surface area contributed by atoms with Crippen LogP contribution in [0, 0.1) is 6.92 Å². The quantitative estimate of drug-likeness (QED) is 0.832. The second-order valence-corrected chi connectivity index (χ2v) is 5.85. The van der Waals surface area contributed by atoms with Crippen LogP contribution in [0.2, 0.25) is 0 Å². The summed E-state index contributed by atoms with van der Waals surface area (Å²) >= 11 is 0. The third-order valence-corrected chi connectivity index (χ3v) is 3.82. The van der Waals surface area contributed by atoms with Crippen molar-refractivity contribution in [2.45, 2.75) is 32.9 Å². The van der Waals surface area contributed by atoms with Crippen LogP contribution >= 0.6 is 0 Å². The number of carbonyl (C=O) groups excluding carboxylic acids is 1. The van der Waals surface area contributed by atoms with Crippen LogP contribution in [0.5, 0.6) is 11.5 Å². The molecule has 132 valence electrons. The molecule has 0 saturated carbocycles. The zero-order chi connectivity index (χ0) is 18.2. The van der Waals surface area contributed by atoms with Crippen molar-refractivity contribution in [1.29, 1.82) is 0 Å². The van der Waals surface area contributed by atoms with Crippen LogP contribution in [0.4, 0.5) is 18.9 Å². The van der Waals surface area contributed by atoms with Crippen molar-refractivity contribution in [3.05, 3.63) is 53.6 Å². The summed E-state index contributed by atoms with van der Waals surface area (Å²) in [5.41, 5.74) is 2.31. The number of ether oxygens (including phenoxy) is 2. The van der Waals surface area contributed by atoms with E-state index in [0.717, 1.165) is 5.56 Å². The molecule has 0 radical (unpaired) electrons. The van der Waals surface area contributed by atoms with Gasteiger partial charge in [0.2, 0.25) is 0 Å². The maximum Gasteiger partial charge on any atom is 0.573 e. The zero-order valence-corrected chi connectivity index (χ0v) is 13.6. The topological polar surface area (TPSA) is 38.8 Å². The summed E-state index contributed by atoms with van der Waals surface area (Å²) in [5, 5.41) is 0. The number of alkyl halides is 3. The van der Waals surface area contributed by atoms with Gasteiger partial charge in [0.05, 0.1) is 12.2 Å². The van der Waals surface area contributed by atoms with Crippen LogP contribution in [0.3, 0.4) is 0 Å². The SMILES string of the molecule is Cc1ccc2c(c1)N(Cc1ccc(OC(F)(F)F)cc1)C(=O)[C@H](C)O2. The molecule has 0 unspecified atom stereocenters. The second kappa shape index (κ2) is 6.31. The minimum absolute atomic E-state index is 0.200. The van der Waals surface area contributed by atoms with Crippen molar-refractivity contribution in [1.82, 2.24) is 0 Å². The van der Waals surface area contributed by atoms with E-state index >= 15 is 0 Å². The molecule has 0 aliphatic carbocycles. The normalized spacial score (nSPS) is 17.1. The Morgan fingerprint density at radius 3 is 2.48 bits per heavy atom. The van der Waals surface area contributed by atoms with Gasteiger partial charge in [-0.2, -0.15) is 0 Å². The molecule has 0 fully saturated rings. The van der Waals surface area contributed by atoms with Crippen molar-refractivity contribution >= 4 is 11.6 Å². The van der Waals surface area contributed by atoms with Gasteiger partial charge in [0.15, 0.2) is 6.10 Å². The Bertz CT molecular complexity index is 787. The Morgan fingerprint density at radius 1 is 1.16 bits per heavy atom. The maximum absolute atomic E-state index is 12.5. The lowest BCUT2D eigenvalue weighted by Gasteiger charge is -2.33. The molecule has 3 rings (SSSR count). The van der Waals surface area contributed by atoms with Crippen molar-refractivity contribution in [2.24, 2.45) is 0 Å². The number of fused-ring (bicyclic) bond motifs is 1. The highest BCUT2D eigenvalue weighted by molar-refractivity contribution is 5.99. The number of carbonyl (C=O) groups is 1. The van der Waals surface area contributed by atoms with Gasteiger partial charge in [-0.3, -0.25) is 4.79 Å². The third kappa shape index (κ3) is 3.87. The number of anilines is 1. The van der Waals surface area contributed by atoms with Crippen LogP contribution in [-0.2, 0) is 11.3 Å². The summed E-state index contributed by atoms with van der Waals surface area (Å²) in [6, 6.07) is 11.0. The number of aryl methyl sites for hydroxylation is 1. The Morgan fingerprint density at radius 2 is 1.84 bits per heavy atom. The number of benzene rings is 2. The van der Waals surface area contributed by atoms with E-state index in [2.05, 4.69) is 4.74 Å². The van der Waals surface area contributed by atoms with E-state index in [1.54, 1.807) is 17.9 Å². The molecule has 0 spiro atoms. The van der Waals surface area contributed by atoms with Gasteiger partial charge in [-0.25, -0.2) is 0 Å². The first-order valence-corrected chi connectivity index (χ1v) is 7.66. The van der Waals surface area contributed by atoms with Crippen molar-refractivity contribution < 1.29 is 27.4 Å². The molecule has 0 bridgehead atoms. The van der Waals surface area contributed by atoms with Gasteiger partial charge < -0.3 is 14.4 Å². The van der Waals surface area contributed by atoms with Crippen LogP contribution < -0.4 is 14.4 Å². The van der Waals surface area contributed by atoms with Crippen LogP contribution in [-0.4, -0.2) is 18.4 Å². The molecule has 0 aromatic heterocycles. The minimum atomic E-state index is -4.73. The number of hydrogen-bond acceptors (Lipinski definition) is 3. The molecule has 1 heterocycles. The number of amides is 1. The fraction of sp³-hybridized carbons (Fsp3) is 0.278. The summed E-state index contributed by atoms with van der Waals surface area (Å²) in [4.78, 5) is 14.1. The summed E-state index contributed by atoms with van der Waals surface area (Å²) in [6.07, 6.45) is -5.35. The van der Waals surface area contributed by atoms with Gasteiger partial charge in [0.1, 0.15) is 11.5 Å². The zero-order valence-electron chi connectivity index (χ0n) is 13.6. The van der Waals surface area contributed by atoms with Crippen LogP contribution in [0.1, 0.15) is 18.1 Å². The van der Waals surface area contributed by atoms with E-state index in [0.29, 0.717) is 17.0 Å². The monoisotopic (exact) mass is 351 g/mol. The smallest absolute Gasteiger partial charge is 0.479 e. The van der Waals surface area contributed by atoms with Gasteiger partial charge in [-0.15, -0.1) is 13.2 Å². The number of hydrogen-bond donors (Lipinski definition) is 0. The lowest BCUT2D eigenvalue weighted by atomic mass is 10.1. The first kappa shape index (κ1) is 17.1. The van der Waals surface area contributed by atoms with Crippen molar-refractivity contribution in [3.63, 3.8) is 0 Å². The highest BCUT2D eigenvalue weighted by atomic mass is 19.4. The van der Waals surface area contributed by atoms with E-state index < -0.39 is 12.5 Å². The molecule has 2 aromatic carbocycles. The van der Waals surface area contributed by atoms with Gasteiger partial charge in [-0.1, -0.05) is 18.2 Å².